The molecule has 0 spiro atoms. The average molecular weight is 301 g/mol. The Hall–Kier alpha value is -0.580. The summed E-state index contributed by atoms with van der Waals surface area (Å²) in [6.45, 7) is 4.90. The summed E-state index contributed by atoms with van der Waals surface area (Å²) in [6.07, 6.45) is 0. The van der Waals surface area contributed by atoms with Gasteiger partial charge in [0.2, 0.25) is 0 Å². The quantitative estimate of drug-likeness (QED) is 0.879. The van der Waals surface area contributed by atoms with E-state index >= 15 is 0 Å². The van der Waals surface area contributed by atoms with E-state index in [1.54, 1.807) is 7.11 Å². The third kappa shape index (κ3) is 3.21. The molecule has 1 rings (SSSR count). The first kappa shape index (κ1) is 14.5. The van der Waals surface area contributed by atoms with Crippen LogP contribution in [0.1, 0.15) is 25.5 Å². The molecule has 0 aromatic heterocycles. The lowest BCUT2D eigenvalue weighted by Gasteiger charge is -2.34. The van der Waals surface area contributed by atoms with Crippen LogP contribution in [0.4, 0.5) is 0 Å². The van der Waals surface area contributed by atoms with Gasteiger partial charge in [0.1, 0.15) is 5.75 Å². The van der Waals surface area contributed by atoms with Gasteiger partial charge in [0, 0.05) is 16.1 Å². The van der Waals surface area contributed by atoms with Crippen molar-refractivity contribution >= 4 is 15.9 Å². The Bertz CT molecular complexity index is 380. The molecule has 0 saturated carbocycles. The molecule has 0 aliphatic heterocycles. The van der Waals surface area contributed by atoms with Crippen LogP contribution in [0.25, 0.3) is 0 Å². The molecular weight excluding hydrogens is 280 g/mol. The van der Waals surface area contributed by atoms with Gasteiger partial charge in [-0.1, -0.05) is 29.8 Å². The highest BCUT2D eigenvalue weighted by atomic mass is 79.9. The van der Waals surface area contributed by atoms with Crippen molar-refractivity contribution in [3.63, 3.8) is 0 Å². The predicted molar refractivity (Wildman–Crippen MR) is 75.3 cm³/mol. The van der Waals surface area contributed by atoms with Gasteiger partial charge in [-0.3, -0.25) is 0 Å². The second kappa shape index (κ2) is 5.85. The highest BCUT2D eigenvalue weighted by Gasteiger charge is 2.30. The van der Waals surface area contributed by atoms with Crippen LogP contribution >= 0.6 is 15.9 Å². The number of methoxy groups -OCH3 is 1. The predicted octanol–water partition coefficient (Wildman–Crippen LogP) is 2.70. The van der Waals surface area contributed by atoms with Gasteiger partial charge in [0.25, 0.3) is 0 Å². The maximum absolute atomic E-state index is 5.86. The van der Waals surface area contributed by atoms with Crippen molar-refractivity contribution in [2.45, 2.75) is 19.9 Å². The molecule has 1 aromatic carbocycles. The molecule has 17 heavy (non-hydrogen) atoms. The lowest BCUT2D eigenvalue weighted by molar-refractivity contribution is 0.258. The van der Waals surface area contributed by atoms with Gasteiger partial charge in [-0.25, -0.2) is 0 Å². The first-order chi connectivity index (χ1) is 7.96. The van der Waals surface area contributed by atoms with Crippen LogP contribution in [0.3, 0.4) is 0 Å². The largest absolute Gasteiger partial charge is 0.496 e. The summed E-state index contributed by atoms with van der Waals surface area (Å²) in [6, 6.07) is 6.18. The SMILES string of the molecule is CNC(c1cc(Br)ccc1OC)C(C)(C)CN. The van der Waals surface area contributed by atoms with E-state index in [4.69, 9.17) is 10.5 Å². The van der Waals surface area contributed by atoms with Gasteiger partial charge < -0.3 is 15.8 Å². The summed E-state index contributed by atoms with van der Waals surface area (Å²) < 4.78 is 6.46. The van der Waals surface area contributed by atoms with E-state index in [0.717, 1.165) is 15.8 Å². The van der Waals surface area contributed by atoms with Crippen LogP contribution in [0, 0.1) is 5.41 Å². The van der Waals surface area contributed by atoms with Crippen molar-refractivity contribution in [3.05, 3.63) is 28.2 Å². The topological polar surface area (TPSA) is 47.3 Å². The number of nitrogens with two attached hydrogens (primary N) is 1. The standard InChI is InChI=1S/C13H21BrN2O/c1-13(2,8-15)12(16-3)10-7-9(14)5-6-11(10)17-4/h5-7,12,16H,8,15H2,1-4H3. The molecule has 3 nitrogen and oxygen atoms in total. The zero-order chi connectivity index (χ0) is 13.1. The maximum atomic E-state index is 5.86. The Balaban J connectivity index is 3.23. The molecule has 0 heterocycles. The average Bonchev–Trinajstić information content (AvgIpc) is 2.30. The third-order valence-corrected chi connectivity index (χ3v) is 3.59. The van der Waals surface area contributed by atoms with Gasteiger partial charge in [-0.2, -0.15) is 0 Å². The van der Waals surface area contributed by atoms with E-state index in [9.17, 15) is 0 Å². The Morgan fingerprint density at radius 3 is 2.59 bits per heavy atom. The second-order valence-corrected chi connectivity index (χ2v) is 5.72. The lowest BCUT2D eigenvalue weighted by atomic mass is 9.80. The second-order valence-electron chi connectivity index (χ2n) is 4.80. The molecule has 1 unspecified atom stereocenters. The van der Waals surface area contributed by atoms with E-state index in [1.807, 2.05) is 19.2 Å². The summed E-state index contributed by atoms with van der Waals surface area (Å²) >= 11 is 3.50. The molecule has 4 heteroatoms. The van der Waals surface area contributed by atoms with Crippen molar-refractivity contribution in [1.29, 1.82) is 0 Å². The fourth-order valence-electron chi connectivity index (χ4n) is 2.02. The van der Waals surface area contributed by atoms with Crippen LogP contribution < -0.4 is 15.8 Å². The minimum atomic E-state index is -0.0389. The van der Waals surface area contributed by atoms with Crippen molar-refractivity contribution in [3.8, 4) is 5.75 Å². The highest BCUT2D eigenvalue weighted by molar-refractivity contribution is 9.10. The highest BCUT2D eigenvalue weighted by Crippen LogP contribution is 2.38. The molecule has 96 valence electrons. The van der Waals surface area contributed by atoms with Crippen molar-refractivity contribution in [1.82, 2.24) is 5.32 Å². The fourth-order valence-corrected chi connectivity index (χ4v) is 2.39. The molecule has 0 fully saturated rings. The van der Waals surface area contributed by atoms with Gasteiger partial charge in [-0.05, 0) is 37.2 Å². The van der Waals surface area contributed by atoms with E-state index in [0.29, 0.717) is 6.54 Å². The minimum absolute atomic E-state index is 0.0389. The van der Waals surface area contributed by atoms with Gasteiger partial charge in [0.15, 0.2) is 0 Å². The number of benzene rings is 1. The van der Waals surface area contributed by atoms with Crippen molar-refractivity contribution in [2.75, 3.05) is 20.7 Å². The van der Waals surface area contributed by atoms with Crippen LogP contribution in [0.15, 0.2) is 22.7 Å². The Kier molecular flexibility index (Phi) is 4.98. The molecule has 0 aliphatic rings. The molecule has 0 bridgehead atoms. The summed E-state index contributed by atoms with van der Waals surface area (Å²) in [5.41, 5.74) is 6.94. The molecule has 0 saturated heterocycles. The van der Waals surface area contributed by atoms with E-state index in [2.05, 4.69) is 41.2 Å². The first-order valence-corrected chi connectivity index (χ1v) is 6.46. The van der Waals surface area contributed by atoms with E-state index < -0.39 is 0 Å². The number of hydrogen-bond acceptors (Lipinski definition) is 3. The Morgan fingerprint density at radius 2 is 2.12 bits per heavy atom. The van der Waals surface area contributed by atoms with Gasteiger partial charge >= 0.3 is 0 Å². The van der Waals surface area contributed by atoms with Gasteiger partial charge in [0.05, 0.1) is 7.11 Å². The Labute approximate surface area is 112 Å². The monoisotopic (exact) mass is 300 g/mol. The van der Waals surface area contributed by atoms with Crippen molar-refractivity contribution < 1.29 is 4.74 Å². The fraction of sp³-hybridized carbons (Fsp3) is 0.538. The number of halogens is 1. The maximum Gasteiger partial charge on any atom is 0.123 e. The third-order valence-electron chi connectivity index (χ3n) is 3.10. The molecule has 0 radical (unpaired) electrons. The molecule has 1 atom stereocenters. The number of rotatable bonds is 5. The van der Waals surface area contributed by atoms with Crippen molar-refractivity contribution in [2.24, 2.45) is 11.1 Å². The Morgan fingerprint density at radius 1 is 1.47 bits per heavy atom. The summed E-state index contributed by atoms with van der Waals surface area (Å²) in [4.78, 5) is 0. The van der Waals surface area contributed by atoms with E-state index in [1.165, 1.54) is 0 Å². The molecular formula is C13H21BrN2O. The summed E-state index contributed by atoms with van der Waals surface area (Å²) in [5.74, 6) is 0.883. The number of nitrogens with one attached hydrogen (secondary N) is 1. The smallest absolute Gasteiger partial charge is 0.123 e. The van der Waals surface area contributed by atoms with E-state index in [-0.39, 0.29) is 11.5 Å². The summed E-state index contributed by atoms with van der Waals surface area (Å²) in [7, 11) is 3.64. The molecule has 1 aromatic rings. The normalized spacial score (nSPS) is 13.5. The number of ether oxygens (including phenoxy) is 1. The van der Waals surface area contributed by atoms with Gasteiger partial charge in [-0.15, -0.1) is 0 Å². The zero-order valence-electron chi connectivity index (χ0n) is 10.9. The van der Waals surface area contributed by atoms with Crippen LogP contribution in [-0.4, -0.2) is 20.7 Å². The molecule has 3 N–H and O–H groups in total. The minimum Gasteiger partial charge on any atom is -0.496 e. The van der Waals surface area contributed by atoms with Crippen LogP contribution in [0.5, 0.6) is 5.75 Å². The summed E-state index contributed by atoms with van der Waals surface area (Å²) in [5, 5.41) is 3.33. The number of hydrogen-bond donors (Lipinski definition) is 2. The van der Waals surface area contributed by atoms with Crippen LogP contribution in [0.2, 0.25) is 0 Å². The first-order valence-electron chi connectivity index (χ1n) is 5.67. The lowest BCUT2D eigenvalue weighted by Crippen LogP contribution is -2.38. The molecule has 0 aliphatic carbocycles. The molecule has 0 amide bonds. The zero-order valence-corrected chi connectivity index (χ0v) is 12.5. The van der Waals surface area contributed by atoms with Crippen LogP contribution in [-0.2, 0) is 0 Å².